The molecule has 1 unspecified atom stereocenters. The van der Waals surface area contributed by atoms with E-state index in [1.54, 1.807) is 7.11 Å². The maximum atomic E-state index is 12.1. The highest BCUT2D eigenvalue weighted by atomic mass is 16.5. The lowest BCUT2D eigenvalue weighted by molar-refractivity contribution is -0.132. The van der Waals surface area contributed by atoms with Crippen LogP contribution in [0.3, 0.4) is 0 Å². The molecule has 0 radical (unpaired) electrons. The molecule has 4 nitrogen and oxygen atoms in total. The van der Waals surface area contributed by atoms with Crippen molar-refractivity contribution in [3.8, 4) is 0 Å². The van der Waals surface area contributed by atoms with Crippen LogP contribution in [0.5, 0.6) is 0 Å². The Morgan fingerprint density at radius 1 is 1.40 bits per heavy atom. The van der Waals surface area contributed by atoms with Gasteiger partial charge in [0.05, 0.1) is 5.60 Å². The molecular formula is C16H32N2O2. The molecule has 1 saturated heterocycles. The van der Waals surface area contributed by atoms with Gasteiger partial charge in [0.25, 0.3) is 0 Å². The van der Waals surface area contributed by atoms with Gasteiger partial charge in [-0.1, -0.05) is 6.92 Å². The van der Waals surface area contributed by atoms with Gasteiger partial charge in [0.2, 0.25) is 5.91 Å². The molecule has 0 bridgehead atoms. The Labute approximate surface area is 124 Å². The molecule has 1 atom stereocenters. The molecule has 1 heterocycles. The largest absolute Gasteiger partial charge is 0.379 e. The lowest BCUT2D eigenvalue weighted by Crippen LogP contribution is -2.41. The second-order valence-corrected chi connectivity index (χ2v) is 6.84. The van der Waals surface area contributed by atoms with Gasteiger partial charge in [-0.05, 0) is 46.0 Å². The Bertz CT molecular complexity index is 297. The first-order valence-corrected chi connectivity index (χ1v) is 7.90. The van der Waals surface area contributed by atoms with Crippen molar-refractivity contribution < 1.29 is 9.53 Å². The number of hydrogen-bond acceptors (Lipinski definition) is 3. The van der Waals surface area contributed by atoms with Crippen LogP contribution in [0.1, 0.15) is 53.4 Å². The average molecular weight is 284 g/mol. The summed E-state index contributed by atoms with van der Waals surface area (Å²) in [6.45, 7) is 11.2. The minimum atomic E-state index is -0.112. The predicted octanol–water partition coefficient (Wildman–Crippen LogP) is 2.43. The Balaban J connectivity index is 2.18. The molecule has 1 aliphatic heterocycles. The van der Waals surface area contributed by atoms with Crippen LogP contribution < -0.4 is 5.32 Å². The molecule has 0 aromatic rings. The van der Waals surface area contributed by atoms with Crippen LogP contribution in [0.25, 0.3) is 0 Å². The number of hydrogen-bond donors (Lipinski definition) is 1. The molecule has 1 N–H and O–H groups in total. The fourth-order valence-electron chi connectivity index (χ4n) is 2.73. The Hall–Kier alpha value is -0.610. The van der Waals surface area contributed by atoms with E-state index in [4.69, 9.17) is 4.74 Å². The van der Waals surface area contributed by atoms with E-state index in [-0.39, 0.29) is 5.60 Å². The Morgan fingerprint density at radius 3 is 2.55 bits per heavy atom. The highest BCUT2D eigenvalue weighted by Crippen LogP contribution is 2.17. The molecular weight excluding hydrogens is 252 g/mol. The zero-order valence-electron chi connectivity index (χ0n) is 13.9. The molecule has 20 heavy (non-hydrogen) atoms. The van der Waals surface area contributed by atoms with Crippen molar-refractivity contribution >= 4 is 5.91 Å². The summed E-state index contributed by atoms with van der Waals surface area (Å²) in [5.41, 5.74) is -0.112. The summed E-state index contributed by atoms with van der Waals surface area (Å²) in [6.07, 6.45) is 3.85. The van der Waals surface area contributed by atoms with Gasteiger partial charge >= 0.3 is 0 Å². The predicted molar refractivity (Wildman–Crippen MR) is 82.8 cm³/mol. The number of carbonyl (C=O) groups excluding carboxylic acids is 1. The molecule has 0 saturated carbocycles. The zero-order valence-corrected chi connectivity index (χ0v) is 13.9. The minimum absolute atomic E-state index is 0.112. The monoisotopic (exact) mass is 284 g/mol. The molecule has 0 aliphatic carbocycles. The summed E-state index contributed by atoms with van der Waals surface area (Å²) in [5, 5.41) is 3.42. The first-order chi connectivity index (χ1) is 9.34. The van der Waals surface area contributed by atoms with Crippen molar-refractivity contribution in [1.82, 2.24) is 10.2 Å². The van der Waals surface area contributed by atoms with E-state index in [0.717, 1.165) is 44.8 Å². The van der Waals surface area contributed by atoms with Crippen molar-refractivity contribution in [2.75, 3.05) is 26.7 Å². The van der Waals surface area contributed by atoms with E-state index in [1.165, 1.54) is 0 Å². The first kappa shape index (κ1) is 17.4. The van der Waals surface area contributed by atoms with Crippen LogP contribution in [0, 0.1) is 5.92 Å². The SMILES string of the molecule is COC(C)(C)CC(C)NCCC(=O)N1CCC(C)CC1. The molecule has 4 heteroatoms. The number of ether oxygens (including phenoxy) is 1. The van der Waals surface area contributed by atoms with Crippen molar-refractivity contribution in [3.63, 3.8) is 0 Å². The van der Waals surface area contributed by atoms with Crippen molar-refractivity contribution in [1.29, 1.82) is 0 Å². The van der Waals surface area contributed by atoms with Crippen LogP contribution in [0.15, 0.2) is 0 Å². The van der Waals surface area contributed by atoms with E-state index in [1.807, 2.05) is 4.90 Å². The number of nitrogens with one attached hydrogen (secondary N) is 1. The van der Waals surface area contributed by atoms with Crippen LogP contribution in [0.2, 0.25) is 0 Å². The van der Waals surface area contributed by atoms with Crippen LogP contribution in [0.4, 0.5) is 0 Å². The molecule has 1 amide bonds. The number of rotatable bonds is 7. The topological polar surface area (TPSA) is 41.6 Å². The molecule has 0 aromatic heterocycles. The van der Waals surface area contributed by atoms with Gasteiger partial charge in [-0.3, -0.25) is 4.79 Å². The van der Waals surface area contributed by atoms with E-state index >= 15 is 0 Å². The van der Waals surface area contributed by atoms with E-state index in [9.17, 15) is 4.79 Å². The quantitative estimate of drug-likeness (QED) is 0.780. The Morgan fingerprint density at radius 2 is 2.00 bits per heavy atom. The zero-order chi connectivity index (χ0) is 15.2. The van der Waals surface area contributed by atoms with Crippen LogP contribution in [-0.2, 0) is 9.53 Å². The third-order valence-electron chi connectivity index (χ3n) is 4.32. The lowest BCUT2D eigenvalue weighted by Gasteiger charge is -2.31. The average Bonchev–Trinajstić information content (AvgIpc) is 2.38. The minimum Gasteiger partial charge on any atom is -0.379 e. The Kier molecular flexibility index (Phi) is 6.96. The fraction of sp³-hybridized carbons (Fsp3) is 0.938. The van der Waals surface area contributed by atoms with E-state index in [0.29, 0.717) is 18.4 Å². The first-order valence-electron chi connectivity index (χ1n) is 7.90. The summed E-state index contributed by atoms with van der Waals surface area (Å²) in [6, 6.07) is 0.360. The third-order valence-corrected chi connectivity index (χ3v) is 4.32. The summed E-state index contributed by atoms with van der Waals surface area (Å²) in [4.78, 5) is 14.1. The number of piperidine rings is 1. The highest BCUT2D eigenvalue weighted by Gasteiger charge is 2.21. The number of nitrogens with zero attached hydrogens (tertiary/aromatic N) is 1. The third kappa shape index (κ3) is 6.23. The lowest BCUT2D eigenvalue weighted by atomic mass is 9.99. The highest BCUT2D eigenvalue weighted by molar-refractivity contribution is 5.76. The van der Waals surface area contributed by atoms with Gasteiger partial charge in [0.15, 0.2) is 0 Å². The molecule has 1 fully saturated rings. The standard InChI is InChI=1S/C16H32N2O2/c1-13-7-10-18(11-8-13)15(19)6-9-17-14(2)12-16(3,4)20-5/h13-14,17H,6-12H2,1-5H3. The summed E-state index contributed by atoms with van der Waals surface area (Å²) in [5.74, 6) is 1.07. The molecule has 0 aromatic carbocycles. The number of methoxy groups -OCH3 is 1. The van der Waals surface area contributed by atoms with Crippen LogP contribution in [-0.4, -0.2) is 49.2 Å². The van der Waals surface area contributed by atoms with Gasteiger partial charge in [0.1, 0.15) is 0 Å². The maximum Gasteiger partial charge on any atom is 0.223 e. The molecule has 118 valence electrons. The summed E-state index contributed by atoms with van der Waals surface area (Å²) in [7, 11) is 1.74. The van der Waals surface area contributed by atoms with Crippen molar-refractivity contribution in [2.24, 2.45) is 5.92 Å². The van der Waals surface area contributed by atoms with E-state index in [2.05, 4.69) is 33.0 Å². The smallest absolute Gasteiger partial charge is 0.223 e. The van der Waals surface area contributed by atoms with Gasteiger partial charge in [-0.15, -0.1) is 0 Å². The van der Waals surface area contributed by atoms with Gasteiger partial charge < -0.3 is 15.0 Å². The van der Waals surface area contributed by atoms with Gasteiger partial charge in [-0.25, -0.2) is 0 Å². The molecule has 1 rings (SSSR count). The summed E-state index contributed by atoms with van der Waals surface area (Å²) < 4.78 is 5.43. The fourth-order valence-corrected chi connectivity index (χ4v) is 2.73. The van der Waals surface area contributed by atoms with E-state index < -0.39 is 0 Å². The van der Waals surface area contributed by atoms with Gasteiger partial charge in [-0.2, -0.15) is 0 Å². The van der Waals surface area contributed by atoms with Crippen LogP contribution >= 0.6 is 0 Å². The number of amides is 1. The maximum absolute atomic E-state index is 12.1. The molecule has 1 aliphatic rings. The normalized spacial score (nSPS) is 19.1. The number of carbonyl (C=O) groups is 1. The van der Waals surface area contributed by atoms with Crippen molar-refractivity contribution in [2.45, 2.75) is 65.0 Å². The molecule has 0 spiro atoms. The second kappa shape index (κ2) is 7.99. The second-order valence-electron chi connectivity index (χ2n) is 6.84. The number of likely N-dealkylation sites (tertiary alicyclic amines) is 1. The van der Waals surface area contributed by atoms with Gasteiger partial charge in [0, 0.05) is 39.2 Å². The van der Waals surface area contributed by atoms with Crippen molar-refractivity contribution in [3.05, 3.63) is 0 Å². The summed E-state index contributed by atoms with van der Waals surface area (Å²) >= 11 is 0.